The summed E-state index contributed by atoms with van der Waals surface area (Å²) in [6.45, 7) is 6.44. The number of unbranched alkanes of at least 4 members (excludes halogenated alkanes) is 2. The highest BCUT2D eigenvalue weighted by Crippen LogP contribution is 2.07. The van der Waals surface area contributed by atoms with Crippen molar-refractivity contribution in [1.82, 2.24) is 4.90 Å². The second kappa shape index (κ2) is 8.52. The fourth-order valence-corrected chi connectivity index (χ4v) is 1.68. The third-order valence-corrected chi connectivity index (χ3v) is 2.61. The Hall–Kier alpha value is -0.0800. The van der Waals surface area contributed by atoms with Crippen LogP contribution < -0.4 is 5.73 Å². The van der Waals surface area contributed by atoms with Crippen LogP contribution in [-0.4, -0.2) is 31.1 Å². The van der Waals surface area contributed by atoms with Gasteiger partial charge in [-0.15, -0.1) is 0 Å². The van der Waals surface area contributed by atoms with Gasteiger partial charge in [-0.1, -0.05) is 33.1 Å². The largest absolute Gasteiger partial charge is 0.329 e. The summed E-state index contributed by atoms with van der Waals surface area (Å²) >= 11 is 0. The Bertz CT molecular complexity index is 104. The van der Waals surface area contributed by atoms with E-state index in [4.69, 9.17) is 5.73 Å². The van der Waals surface area contributed by atoms with Gasteiger partial charge in [0.15, 0.2) is 0 Å². The molecular weight excluding hydrogens is 160 g/mol. The molecule has 13 heavy (non-hydrogen) atoms. The molecule has 2 heteroatoms. The molecule has 0 aromatic heterocycles. The molecule has 0 saturated carbocycles. The number of hydrogen-bond donors (Lipinski definition) is 1. The average Bonchev–Trinajstić information content (AvgIpc) is 2.13. The predicted octanol–water partition coefficient (Wildman–Crippen LogP) is 2.24. The predicted molar refractivity (Wildman–Crippen MR) is 59.9 cm³/mol. The molecule has 1 atom stereocenters. The molecule has 2 nitrogen and oxygen atoms in total. The fraction of sp³-hybridized carbons (Fsp3) is 1.00. The van der Waals surface area contributed by atoms with E-state index in [1.165, 1.54) is 38.6 Å². The third kappa shape index (κ3) is 6.05. The number of hydrogen-bond acceptors (Lipinski definition) is 2. The van der Waals surface area contributed by atoms with Crippen LogP contribution >= 0.6 is 0 Å². The van der Waals surface area contributed by atoms with Gasteiger partial charge in [0.1, 0.15) is 0 Å². The van der Waals surface area contributed by atoms with Crippen LogP contribution in [0.25, 0.3) is 0 Å². The van der Waals surface area contributed by atoms with Gasteiger partial charge in [-0.2, -0.15) is 0 Å². The van der Waals surface area contributed by atoms with Gasteiger partial charge < -0.3 is 10.6 Å². The molecule has 0 aliphatic heterocycles. The minimum atomic E-state index is 0.603. The molecular formula is C11H26N2. The van der Waals surface area contributed by atoms with Gasteiger partial charge in [0, 0.05) is 12.6 Å². The van der Waals surface area contributed by atoms with Crippen LogP contribution in [0.4, 0.5) is 0 Å². The third-order valence-electron chi connectivity index (χ3n) is 2.61. The van der Waals surface area contributed by atoms with Gasteiger partial charge in [-0.25, -0.2) is 0 Å². The molecule has 0 bridgehead atoms. The average molecular weight is 186 g/mol. The molecule has 0 heterocycles. The van der Waals surface area contributed by atoms with Gasteiger partial charge in [0.05, 0.1) is 0 Å². The lowest BCUT2D eigenvalue weighted by atomic mass is 10.1. The van der Waals surface area contributed by atoms with Crippen molar-refractivity contribution in [3.05, 3.63) is 0 Å². The van der Waals surface area contributed by atoms with Gasteiger partial charge in [-0.05, 0) is 26.4 Å². The summed E-state index contributed by atoms with van der Waals surface area (Å²) in [4.78, 5) is 2.40. The SMILES string of the molecule is CCCCCC(CN)N(C)CCC. The zero-order chi connectivity index (χ0) is 10.1. The van der Waals surface area contributed by atoms with Gasteiger partial charge in [0.25, 0.3) is 0 Å². The standard InChI is InChI=1S/C11H26N2/c1-4-6-7-8-11(10-12)13(3)9-5-2/h11H,4-10,12H2,1-3H3. The summed E-state index contributed by atoms with van der Waals surface area (Å²) in [7, 11) is 2.19. The monoisotopic (exact) mass is 186 g/mol. The molecule has 0 spiro atoms. The highest BCUT2D eigenvalue weighted by molar-refractivity contribution is 4.69. The van der Waals surface area contributed by atoms with Crippen molar-refractivity contribution in [3.8, 4) is 0 Å². The number of nitrogens with two attached hydrogens (primary N) is 1. The Morgan fingerprint density at radius 3 is 2.31 bits per heavy atom. The van der Waals surface area contributed by atoms with Crippen molar-refractivity contribution in [1.29, 1.82) is 0 Å². The Morgan fingerprint density at radius 1 is 1.15 bits per heavy atom. The Balaban J connectivity index is 3.60. The fourth-order valence-electron chi connectivity index (χ4n) is 1.68. The highest BCUT2D eigenvalue weighted by Gasteiger charge is 2.10. The van der Waals surface area contributed by atoms with E-state index in [1.807, 2.05) is 0 Å². The molecule has 0 radical (unpaired) electrons. The molecule has 80 valence electrons. The first-order valence-electron chi connectivity index (χ1n) is 5.66. The molecule has 0 aliphatic rings. The first kappa shape index (κ1) is 12.9. The molecule has 1 unspecified atom stereocenters. The van der Waals surface area contributed by atoms with Crippen LogP contribution in [-0.2, 0) is 0 Å². The van der Waals surface area contributed by atoms with Crippen molar-refractivity contribution < 1.29 is 0 Å². The highest BCUT2D eigenvalue weighted by atomic mass is 15.1. The Labute approximate surface area is 83.5 Å². The maximum atomic E-state index is 5.74. The van der Waals surface area contributed by atoms with Gasteiger partial charge >= 0.3 is 0 Å². The summed E-state index contributed by atoms with van der Waals surface area (Å²) in [5.41, 5.74) is 5.74. The van der Waals surface area contributed by atoms with E-state index >= 15 is 0 Å². The summed E-state index contributed by atoms with van der Waals surface area (Å²) < 4.78 is 0. The molecule has 2 N–H and O–H groups in total. The van der Waals surface area contributed by atoms with Crippen LogP contribution in [0.5, 0.6) is 0 Å². The molecule has 0 amide bonds. The number of likely N-dealkylation sites (N-methyl/N-ethyl adjacent to an activating group) is 1. The number of nitrogens with zero attached hydrogens (tertiary/aromatic N) is 1. The molecule has 0 aromatic rings. The number of rotatable bonds is 8. The zero-order valence-corrected chi connectivity index (χ0v) is 9.55. The molecule has 0 saturated heterocycles. The zero-order valence-electron chi connectivity index (χ0n) is 9.55. The second-order valence-electron chi connectivity index (χ2n) is 3.87. The van der Waals surface area contributed by atoms with Crippen LogP contribution in [0.2, 0.25) is 0 Å². The van der Waals surface area contributed by atoms with E-state index in [1.54, 1.807) is 0 Å². The molecule has 0 rings (SSSR count). The Kier molecular flexibility index (Phi) is 8.46. The normalized spacial score (nSPS) is 13.6. The van der Waals surface area contributed by atoms with Crippen LogP contribution in [0.3, 0.4) is 0 Å². The van der Waals surface area contributed by atoms with Gasteiger partial charge in [-0.3, -0.25) is 0 Å². The summed E-state index contributed by atoms with van der Waals surface area (Å²) in [5, 5.41) is 0. The van der Waals surface area contributed by atoms with Crippen LogP contribution in [0, 0.1) is 0 Å². The van der Waals surface area contributed by atoms with E-state index in [9.17, 15) is 0 Å². The maximum Gasteiger partial charge on any atom is 0.0215 e. The first-order chi connectivity index (χ1) is 6.26. The van der Waals surface area contributed by atoms with Crippen molar-refractivity contribution in [3.63, 3.8) is 0 Å². The lowest BCUT2D eigenvalue weighted by Gasteiger charge is -2.26. The smallest absolute Gasteiger partial charge is 0.0215 e. The van der Waals surface area contributed by atoms with Crippen LogP contribution in [0.15, 0.2) is 0 Å². The van der Waals surface area contributed by atoms with Gasteiger partial charge in [0.2, 0.25) is 0 Å². The minimum Gasteiger partial charge on any atom is -0.329 e. The topological polar surface area (TPSA) is 29.3 Å². The van der Waals surface area contributed by atoms with E-state index < -0.39 is 0 Å². The summed E-state index contributed by atoms with van der Waals surface area (Å²) in [6, 6.07) is 0.603. The van der Waals surface area contributed by atoms with E-state index in [0.717, 1.165) is 6.54 Å². The Morgan fingerprint density at radius 2 is 1.85 bits per heavy atom. The van der Waals surface area contributed by atoms with Crippen molar-refractivity contribution in [2.45, 2.75) is 52.0 Å². The quantitative estimate of drug-likeness (QED) is 0.589. The summed E-state index contributed by atoms with van der Waals surface area (Å²) in [5.74, 6) is 0. The van der Waals surface area contributed by atoms with Crippen LogP contribution in [0.1, 0.15) is 46.0 Å². The maximum absolute atomic E-state index is 5.74. The first-order valence-corrected chi connectivity index (χ1v) is 5.66. The van der Waals surface area contributed by atoms with Crippen molar-refractivity contribution >= 4 is 0 Å². The van der Waals surface area contributed by atoms with E-state index in [0.29, 0.717) is 6.04 Å². The lowest BCUT2D eigenvalue weighted by molar-refractivity contribution is 0.231. The summed E-state index contributed by atoms with van der Waals surface area (Å²) in [6.07, 6.45) is 6.46. The van der Waals surface area contributed by atoms with Crippen molar-refractivity contribution in [2.75, 3.05) is 20.1 Å². The second-order valence-corrected chi connectivity index (χ2v) is 3.87. The minimum absolute atomic E-state index is 0.603. The van der Waals surface area contributed by atoms with Crippen molar-refractivity contribution in [2.24, 2.45) is 5.73 Å². The molecule has 0 aliphatic carbocycles. The van der Waals surface area contributed by atoms with E-state index in [2.05, 4.69) is 25.8 Å². The lowest BCUT2D eigenvalue weighted by Crippen LogP contribution is -2.38. The van der Waals surface area contributed by atoms with E-state index in [-0.39, 0.29) is 0 Å². The molecule has 0 fully saturated rings. The molecule has 0 aromatic carbocycles.